The average molecular weight is 318 g/mol. The molecule has 1 amide bonds. The van der Waals surface area contributed by atoms with E-state index in [0.717, 1.165) is 11.9 Å². The Morgan fingerprint density at radius 2 is 2.00 bits per heavy atom. The lowest BCUT2D eigenvalue weighted by atomic mass is 9.98. The van der Waals surface area contributed by atoms with Crippen LogP contribution in [0.2, 0.25) is 5.02 Å². The fraction of sp³-hybridized carbons (Fsp3) is 0.462. The van der Waals surface area contributed by atoms with Crippen LogP contribution in [0.5, 0.6) is 0 Å². The van der Waals surface area contributed by atoms with Crippen LogP contribution in [0, 0.1) is 5.92 Å². The predicted octanol–water partition coefficient (Wildman–Crippen LogP) is 2.06. The highest BCUT2D eigenvalue weighted by Gasteiger charge is 2.27. The third-order valence-electron chi connectivity index (χ3n) is 3.16. The molecule has 1 heterocycles. The number of benzene rings is 1. The zero-order valence-corrected chi connectivity index (χ0v) is 12.7. The summed E-state index contributed by atoms with van der Waals surface area (Å²) in [6, 6.07) is 7.00. The van der Waals surface area contributed by atoms with E-state index in [4.69, 9.17) is 15.8 Å². The Hall–Kier alpha value is -1.11. The van der Waals surface area contributed by atoms with E-state index < -0.39 is 10.1 Å². The first-order chi connectivity index (χ1) is 9.35. The molecule has 7 heteroatoms. The molecule has 0 aliphatic carbocycles. The van der Waals surface area contributed by atoms with Gasteiger partial charge in [-0.15, -0.1) is 0 Å². The van der Waals surface area contributed by atoms with Crippen molar-refractivity contribution < 1.29 is 17.4 Å². The minimum Gasteiger partial charge on any atom is -0.312 e. The van der Waals surface area contributed by atoms with Gasteiger partial charge in [-0.3, -0.25) is 8.98 Å². The van der Waals surface area contributed by atoms with Crippen molar-refractivity contribution in [3.63, 3.8) is 0 Å². The molecule has 1 saturated heterocycles. The van der Waals surface area contributed by atoms with Crippen LogP contribution < -0.4 is 4.90 Å². The lowest BCUT2D eigenvalue weighted by Gasteiger charge is -2.32. The van der Waals surface area contributed by atoms with Gasteiger partial charge in [-0.1, -0.05) is 11.6 Å². The normalized spacial score (nSPS) is 20.2. The summed E-state index contributed by atoms with van der Waals surface area (Å²) in [5.41, 5.74) is 0.767. The molecule has 20 heavy (non-hydrogen) atoms. The SMILES string of the molecule is CS(=O)(=O)OCC1CCC(=O)N(c2ccc(Cl)cc2)C1. The summed E-state index contributed by atoms with van der Waals surface area (Å²) in [5, 5.41) is 0.607. The number of carbonyl (C=O) groups excluding carboxylic acids is 1. The summed E-state index contributed by atoms with van der Waals surface area (Å²) >= 11 is 5.83. The maximum Gasteiger partial charge on any atom is 0.264 e. The molecule has 110 valence electrons. The van der Waals surface area contributed by atoms with Gasteiger partial charge in [0, 0.05) is 29.6 Å². The number of hydrogen-bond acceptors (Lipinski definition) is 4. The minimum absolute atomic E-state index is 0.0121. The van der Waals surface area contributed by atoms with Crippen molar-refractivity contribution in [2.24, 2.45) is 5.92 Å². The number of amides is 1. The Kier molecular flexibility index (Phi) is 4.67. The van der Waals surface area contributed by atoms with Gasteiger partial charge < -0.3 is 4.90 Å². The molecule has 0 saturated carbocycles. The maximum absolute atomic E-state index is 12.0. The van der Waals surface area contributed by atoms with Crippen LogP contribution in [0.1, 0.15) is 12.8 Å². The van der Waals surface area contributed by atoms with E-state index in [1.165, 1.54) is 0 Å². The molecular weight excluding hydrogens is 302 g/mol. The first-order valence-corrected chi connectivity index (χ1v) is 8.45. The van der Waals surface area contributed by atoms with Gasteiger partial charge in [0.2, 0.25) is 5.91 Å². The molecule has 1 atom stereocenters. The Balaban J connectivity index is 2.05. The second-order valence-electron chi connectivity index (χ2n) is 4.87. The number of carbonyl (C=O) groups is 1. The number of hydrogen-bond donors (Lipinski definition) is 0. The number of anilines is 1. The molecule has 1 aliphatic heterocycles. The molecule has 2 rings (SSSR count). The smallest absolute Gasteiger partial charge is 0.264 e. The maximum atomic E-state index is 12.0. The number of piperidine rings is 1. The standard InChI is InChI=1S/C13H16ClNO4S/c1-20(17,18)19-9-10-2-7-13(16)15(8-10)12-5-3-11(14)4-6-12/h3-6,10H,2,7-9H2,1H3. The highest BCUT2D eigenvalue weighted by atomic mass is 35.5. The minimum atomic E-state index is -3.45. The molecule has 0 spiro atoms. The second kappa shape index (κ2) is 6.11. The van der Waals surface area contributed by atoms with Crippen molar-refractivity contribution >= 4 is 33.3 Å². The third-order valence-corrected chi connectivity index (χ3v) is 3.98. The van der Waals surface area contributed by atoms with Crippen LogP contribution in [0.3, 0.4) is 0 Å². The van der Waals surface area contributed by atoms with Crippen molar-refractivity contribution in [2.75, 3.05) is 24.3 Å². The average Bonchev–Trinajstić information content (AvgIpc) is 2.38. The summed E-state index contributed by atoms with van der Waals surface area (Å²) in [4.78, 5) is 13.6. The van der Waals surface area contributed by atoms with Gasteiger partial charge in [0.05, 0.1) is 12.9 Å². The summed E-state index contributed by atoms with van der Waals surface area (Å²) < 4.78 is 26.8. The molecular formula is C13H16ClNO4S. The van der Waals surface area contributed by atoms with Gasteiger partial charge in [0.25, 0.3) is 10.1 Å². The Morgan fingerprint density at radius 1 is 1.35 bits per heavy atom. The number of nitrogens with zero attached hydrogens (tertiary/aromatic N) is 1. The van der Waals surface area contributed by atoms with Gasteiger partial charge in [-0.25, -0.2) is 0 Å². The van der Waals surface area contributed by atoms with E-state index in [-0.39, 0.29) is 18.4 Å². The molecule has 1 aliphatic rings. The van der Waals surface area contributed by atoms with Crippen LogP contribution in [-0.2, 0) is 19.1 Å². The molecule has 0 radical (unpaired) electrons. The molecule has 0 bridgehead atoms. The van der Waals surface area contributed by atoms with Gasteiger partial charge >= 0.3 is 0 Å². The highest BCUT2D eigenvalue weighted by Crippen LogP contribution is 2.25. The summed E-state index contributed by atoms with van der Waals surface area (Å²) in [7, 11) is -3.45. The van der Waals surface area contributed by atoms with E-state index in [1.807, 2.05) is 0 Å². The van der Waals surface area contributed by atoms with Gasteiger partial charge in [-0.05, 0) is 30.7 Å². The van der Waals surface area contributed by atoms with Crippen LogP contribution in [-0.4, -0.2) is 33.7 Å². The molecule has 1 aromatic carbocycles. The molecule has 1 fully saturated rings. The van der Waals surface area contributed by atoms with E-state index in [1.54, 1.807) is 29.2 Å². The first kappa shape index (κ1) is 15.3. The number of halogens is 1. The summed E-state index contributed by atoms with van der Waals surface area (Å²) in [6.45, 7) is 0.562. The lowest BCUT2D eigenvalue weighted by Crippen LogP contribution is -2.41. The quantitative estimate of drug-likeness (QED) is 0.797. The third kappa shape index (κ3) is 4.19. The second-order valence-corrected chi connectivity index (χ2v) is 6.95. The van der Waals surface area contributed by atoms with Crippen LogP contribution in [0.15, 0.2) is 24.3 Å². The Morgan fingerprint density at radius 3 is 2.60 bits per heavy atom. The van der Waals surface area contributed by atoms with Crippen molar-refractivity contribution in [1.29, 1.82) is 0 Å². The molecule has 5 nitrogen and oxygen atoms in total. The fourth-order valence-corrected chi connectivity index (χ4v) is 2.71. The first-order valence-electron chi connectivity index (χ1n) is 6.25. The van der Waals surface area contributed by atoms with E-state index in [9.17, 15) is 13.2 Å². The highest BCUT2D eigenvalue weighted by molar-refractivity contribution is 7.85. The van der Waals surface area contributed by atoms with Crippen LogP contribution >= 0.6 is 11.6 Å². The van der Waals surface area contributed by atoms with Crippen molar-refractivity contribution in [1.82, 2.24) is 0 Å². The summed E-state index contributed by atoms with van der Waals surface area (Å²) in [6.07, 6.45) is 2.05. The topological polar surface area (TPSA) is 63.7 Å². The predicted molar refractivity (Wildman–Crippen MR) is 77.3 cm³/mol. The van der Waals surface area contributed by atoms with Gasteiger partial charge in [0.15, 0.2) is 0 Å². The molecule has 0 N–H and O–H groups in total. The van der Waals surface area contributed by atoms with E-state index in [2.05, 4.69) is 0 Å². The fourth-order valence-electron chi connectivity index (χ4n) is 2.14. The van der Waals surface area contributed by atoms with Crippen molar-refractivity contribution in [3.05, 3.63) is 29.3 Å². The largest absolute Gasteiger partial charge is 0.312 e. The Bertz CT molecular complexity index is 585. The molecule has 1 aromatic rings. The lowest BCUT2D eigenvalue weighted by molar-refractivity contribution is -0.120. The van der Waals surface area contributed by atoms with E-state index >= 15 is 0 Å². The number of rotatable bonds is 4. The Labute approximate surface area is 123 Å². The molecule has 0 aromatic heterocycles. The zero-order valence-electron chi connectivity index (χ0n) is 11.1. The van der Waals surface area contributed by atoms with Crippen molar-refractivity contribution in [3.8, 4) is 0 Å². The molecule has 1 unspecified atom stereocenters. The van der Waals surface area contributed by atoms with Crippen LogP contribution in [0.25, 0.3) is 0 Å². The van der Waals surface area contributed by atoms with Gasteiger partial charge in [-0.2, -0.15) is 8.42 Å². The van der Waals surface area contributed by atoms with Crippen molar-refractivity contribution in [2.45, 2.75) is 12.8 Å². The zero-order chi connectivity index (χ0) is 14.8. The van der Waals surface area contributed by atoms with Gasteiger partial charge in [0.1, 0.15) is 0 Å². The summed E-state index contributed by atoms with van der Waals surface area (Å²) in [5.74, 6) is 0.0426. The monoisotopic (exact) mass is 317 g/mol. The van der Waals surface area contributed by atoms with Crippen LogP contribution in [0.4, 0.5) is 5.69 Å². The van der Waals surface area contributed by atoms with E-state index in [0.29, 0.717) is 24.4 Å².